The average molecular weight is 377 g/mol. The number of ether oxygens (including phenoxy) is 2. The highest BCUT2D eigenvalue weighted by Crippen LogP contribution is 2.27. The van der Waals surface area contributed by atoms with Crippen LogP contribution in [0.15, 0.2) is 30.3 Å². The Balaban J connectivity index is 2.27. The zero-order valence-corrected chi connectivity index (χ0v) is 14.0. The molecule has 1 aromatic carbocycles. The number of hydrogen-bond acceptors (Lipinski definition) is 8. The molecular formula is C14H19NO9S. The Labute approximate surface area is 144 Å². The first-order valence-electron chi connectivity index (χ1n) is 7.30. The maximum atomic E-state index is 11.4. The fourth-order valence-electron chi connectivity index (χ4n) is 2.45. The largest absolute Gasteiger partial charge is 0.463 e. The molecule has 0 radical (unpaired) electrons. The summed E-state index contributed by atoms with van der Waals surface area (Å²) in [6.07, 6.45) is -5.85. The Hall–Kier alpha value is -1.76. The van der Waals surface area contributed by atoms with Crippen LogP contribution in [0.5, 0.6) is 5.75 Å². The van der Waals surface area contributed by atoms with Crippen LogP contribution in [0.4, 0.5) is 0 Å². The number of amides is 1. The smallest absolute Gasteiger partial charge is 0.397 e. The van der Waals surface area contributed by atoms with Crippen LogP contribution in [0.2, 0.25) is 0 Å². The fourth-order valence-corrected chi connectivity index (χ4v) is 2.97. The van der Waals surface area contributed by atoms with Crippen molar-refractivity contribution in [3.63, 3.8) is 0 Å². The van der Waals surface area contributed by atoms with Crippen molar-refractivity contribution in [1.82, 2.24) is 5.32 Å². The van der Waals surface area contributed by atoms with E-state index >= 15 is 0 Å². The summed E-state index contributed by atoms with van der Waals surface area (Å²) in [4.78, 5) is 11.4. The van der Waals surface area contributed by atoms with E-state index in [4.69, 9.17) is 14.0 Å². The summed E-state index contributed by atoms with van der Waals surface area (Å²) in [6.45, 7) is 0.460. The minimum absolute atomic E-state index is 0.362. The van der Waals surface area contributed by atoms with Crippen molar-refractivity contribution < 1.29 is 41.6 Å². The Morgan fingerprint density at radius 1 is 1.32 bits per heavy atom. The third kappa shape index (κ3) is 5.36. The fraction of sp³-hybridized carbons (Fsp3) is 0.500. The maximum Gasteiger partial charge on any atom is 0.397 e. The molecule has 0 spiro atoms. The van der Waals surface area contributed by atoms with Crippen molar-refractivity contribution in [2.45, 2.75) is 37.6 Å². The Morgan fingerprint density at radius 2 is 1.96 bits per heavy atom. The van der Waals surface area contributed by atoms with Gasteiger partial charge in [0.2, 0.25) is 12.2 Å². The van der Waals surface area contributed by atoms with Crippen LogP contribution < -0.4 is 10.1 Å². The molecule has 0 saturated carbocycles. The summed E-state index contributed by atoms with van der Waals surface area (Å²) < 4.78 is 46.2. The Bertz CT molecular complexity index is 681. The molecule has 1 aliphatic rings. The maximum absolute atomic E-state index is 11.4. The number of hydrogen-bond donors (Lipinski definition) is 4. The molecule has 10 nitrogen and oxygen atoms in total. The molecule has 0 bridgehead atoms. The molecule has 1 aliphatic heterocycles. The first-order chi connectivity index (χ1) is 11.7. The zero-order chi connectivity index (χ0) is 18.6. The van der Waals surface area contributed by atoms with Crippen LogP contribution in [-0.2, 0) is 24.1 Å². The molecule has 25 heavy (non-hydrogen) atoms. The lowest BCUT2D eigenvalue weighted by atomic mass is 9.97. The molecular weight excluding hydrogens is 358 g/mol. The van der Waals surface area contributed by atoms with E-state index in [0.29, 0.717) is 5.75 Å². The number of aliphatic hydroxyl groups excluding tert-OH is 2. The molecule has 0 aromatic heterocycles. The first kappa shape index (κ1) is 19.6. The number of benzene rings is 1. The Morgan fingerprint density at radius 3 is 2.48 bits per heavy atom. The number of carbonyl (C=O) groups is 1. The number of para-hydroxylation sites is 1. The van der Waals surface area contributed by atoms with Crippen LogP contribution in [-0.4, -0.2) is 66.3 Å². The van der Waals surface area contributed by atoms with Crippen molar-refractivity contribution in [1.29, 1.82) is 0 Å². The van der Waals surface area contributed by atoms with E-state index in [1.807, 2.05) is 0 Å². The molecule has 1 heterocycles. The van der Waals surface area contributed by atoms with Gasteiger partial charge in [-0.2, -0.15) is 8.42 Å². The summed E-state index contributed by atoms with van der Waals surface area (Å²) in [6, 6.07) is 7.13. The van der Waals surface area contributed by atoms with Gasteiger partial charge in [-0.1, -0.05) is 18.2 Å². The van der Waals surface area contributed by atoms with Gasteiger partial charge in [0, 0.05) is 6.92 Å². The number of aliphatic hydroxyl groups is 2. The molecule has 11 heteroatoms. The van der Waals surface area contributed by atoms with Crippen molar-refractivity contribution in [2.75, 3.05) is 6.61 Å². The highest BCUT2D eigenvalue weighted by atomic mass is 32.3. The SMILES string of the molecule is CC(=O)N[C@H]1C(Oc2ccccc2)O[C@H](CO)[C@H](OS(=O)(=O)O)[C@@H]1O. The van der Waals surface area contributed by atoms with Crippen LogP contribution in [0.25, 0.3) is 0 Å². The van der Waals surface area contributed by atoms with Gasteiger partial charge in [-0.3, -0.25) is 9.35 Å². The van der Waals surface area contributed by atoms with E-state index in [1.54, 1.807) is 30.3 Å². The molecule has 1 amide bonds. The molecule has 1 aromatic rings. The molecule has 5 atom stereocenters. The summed E-state index contributed by atoms with van der Waals surface area (Å²) >= 11 is 0. The molecule has 4 N–H and O–H groups in total. The highest BCUT2D eigenvalue weighted by molar-refractivity contribution is 7.80. The molecule has 140 valence electrons. The third-order valence-electron chi connectivity index (χ3n) is 3.45. The van der Waals surface area contributed by atoms with Gasteiger partial charge < -0.3 is 25.0 Å². The van der Waals surface area contributed by atoms with Gasteiger partial charge in [0.15, 0.2) is 0 Å². The third-order valence-corrected chi connectivity index (χ3v) is 3.92. The van der Waals surface area contributed by atoms with E-state index in [-0.39, 0.29) is 0 Å². The van der Waals surface area contributed by atoms with Crippen LogP contribution in [0, 0.1) is 0 Å². The minimum atomic E-state index is -4.93. The number of carbonyl (C=O) groups excluding carboxylic acids is 1. The summed E-state index contributed by atoms with van der Waals surface area (Å²) in [5.41, 5.74) is 0. The van der Waals surface area contributed by atoms with Gasteiger partial charge in [0.1, 0.15) is 30.1 Å². The predicted molar refractivity (Wildman–Crippen MR) is 82.8 cm³/mol. The van der Waals surface area contributed by atoms with Gasteiger partial charge in [0.05, 0.1) is 6.61 Å². The second-order valence-electron chi connectivity index (χ2n) is 5.36. The number of nitrogens with one attached hydrogen (secondary N) is 1. The van der Waals surface area contributed by atoms with Gasteiger partial charge in [0.25, 0.3) is 0 Å². The summed E-state index contributed by atoms with van der Waals surface area (Å²) in [7, 11) is -4.93. The predicted octanol–water partition coefficient (Wildman–Crippen LogP) is -1.16. The van der Waals surface area contributed by atoms with E-state index in [0.717, 1.165) is 0 Å². The normalized spacial score (nSPS) is 29.8. The van der Waals surface area contributed by atoms with Crippen molar-refractivity contribution in [3.8, 4) is 5.75 Å². The molecule has 1 saturated heterocycles. The lowest BCUT2D eigenvalue weighted by molar-refractivity contribution is -0.239. The van der Waals surface area contributed by atoms with Gasteiger partial charge in [-0.05, 0) is 12.1 Å². The second kappa shape index (κ2) is 8.08. The lowest BCUT2D eigenvalue weighted by Gasteiger charge is -2.43. The van der Waals surface area contributed by atoms with Crippen LogP contribution in [0.1, 0.15) is 6.92 Å². The minimum Gasteiger partial charge on any atom is -0.463 e. The van der Waals surface area contributed by atoms with E-state index in [2.05, 4.69) is 9.50 Å². The van der Waals surface area contributed by atoms with E-state index in [9.17, 15) is 23.4 Å². The van der Waals surface area contributed by atoms with Crippen LogP contribution in [0.3, 0.4) is 0 Å². The standard InChI is InChI=1S/C14H19NO9S/c1-8(17)15-11-12(18)13(24-25(19,20)21)10(7-16)23-14(11)22-9-5-3-2-4-6-9/h2-6,10-14,16,18H,7H2,1H3,(H,15,17)(H,19,20,21)/t10-,11-,12-,13+,14?/m1/s1. The molecule has 2 rings (SSSR count). The molecule has 1 unspecified atom stereocenters. The van der Waals surface area contributed by atoms with E-state index in [1.165, 1.54) is 6.92 Å². The molecule has 0 aliphatic carbocycles. The quantitative estimate of drug-likeness (QED) is 0.450. The van der Waals surface area contributed by atoms with Crippen LogP contribution >= 0.6 is 0 Å². The first-order valence-corrected chi connectivity index (χ1v) is 8.66. The van der Waals surface area contributed by atoms with Crippen molar-refractivity contribution in [2.24, 2.45) is 0 Å². The topological polar surface area (TPSA) is 152 Å². The summed E-state index contributed by atoms with van der Waals surface area (Å²) in [5, 5.41) is 22.2. The zero-order valence-electron chi connectivity index (χ0n) is 13.2. The van der Waals surface area contributed by atoms with Crippen molar-refractivity contribution >= 4 is 16.3 Å². The van der Waals surface area contributed by atoms with Crippen molar-refractivity contribution in [3.05, 3.63) is 30.3 Å². The van der Waals surface area contributed by atoms with E-state index < -0.39 is 53.6 Å². The highest BCUT2D eigenvalue weighted by Gasteiger charge is 2.49. The summed E-state index contributed by atoms with van der Waals surface area (Å²) in [5.74, 6) is -0.178. The number of rotatable bonds is 6. The average Bonchev–Trinajstić information content (AvgIpc) is 2.53. The molecule has 1 fully saturated rings. The second-order valence-corrected chi connectivity index (χ2v) is 6.41. The lowest BCUT2D eigenvalue weighted by Crippen LogP contribution is -2.66. The monoisotopic (exact) mass is 377 g/mol. The van der Waals surface area contributed by atoms with Gasteiger partial charge in [-0.25, -0.2) is 4.18 Å². The van der Waals surface area contributed by atoms with Gasteiger partial charge >= 0.3 is 10.4 Å². The Kier molecular flexibility index (Phi) is 6.32. The van der Waals surface area contributed by atoms with Gasteiger partial charge in [-0.15, -0.1) is 0 Å².